The number of carbonyl (C=O) groups excluding carboxylic acids is 1. The molecule has 1 fully saturated rings. The Bertz CT molecular complexity index is 225. The normalized spacial score (nSPS) is 17.8. The van der Waals surface area contributed by atoms with Gasteiger partial charge in [-0.15, -0.1) is 0 Å². The maximum absolute atomic E-state index is 11.8. The zero-order valence-electron chi connectivity index (χ0n) is 11.4. The van der Waals surface area contributed by atoms with Gasteiger partial charge in [-0.1, -0.05) is 0 Å². The Morgan fingerprint density at radius 2 is 1.88 bits per heavy atom. The number of hydrogen-bond donors (Lipinski definition) is 1. The quantitative estimate of drug-likeness (QED) is 0.669. The molecular weight excluding hydrogens is 216 g/mol. The molecule has 1 rings (SSSR count). The molecule has 1 saturated heterocycles. The molecule has 5 heteroatoms. The predicted molar refractivity (Wildman–Crippen MR) is 70.1 cm³/mol. The summed E-state index contributed by atoms with van der Waals surface area (Å²) in [4.78, 5) is 18.4. The smallest absolute Gasteiger partial charge is 0.223 e. The number of likely N-dealkylation sites (N-methyl/N-ethyl adjacent to an activating group) is 1. The van der Waals surface area contributed by atoms with Crippen LogP contribution in [0.3, 0.4) is 0 Å². The molecule has 1 aliphatic heterocycles. The molecule has 1 heterocycles. The van der Waals surface area contributed by atoms with E-state index in [9.17, 15) is 4.79 Å². The van der Waals surface area contributed by atoms with E-state index in [4.69, 9.17) is 0 Å². The Morgan fingerprint density at radius 1 is 1.24 bits per heavy atom. The second-order valence-electron chi connectivity index (χ2n) is 4.88. The van der Waals surface area contributed by atoms with Gasteiger partial charge in [0.1, 0.15) is 0 Å². The molecule has 0 atom stereocenters. The minimum atomic E-state index is 0.284. The van der Waals surface area contributed by atoms with E-state index in [2.05, 4.69) is 29.2 Å². The highest BCUT2D eigenvalue weighted by Crippen LogP contribution is 2.03. The van der Waals surface area contributed by atoms with E-state index in [1.54, 1.807) is 0 Å². The molecule has 1 aliphatic rings. The summed E-state index contributed by atoms with van der Waals surface area (Å²) in [6.07, 6.45) is 0.619. The van der Waals surface area contributed by atoms with Crippen LogP contribution in [0.1, 0.15) is 6.42 Å². The summed E-state index contributed by atoms with van der Waals surface area (Å²) in [5.41, 5.74) is 0. The topological polar surface area (TPSA) is 38.8 Å². The molecule has 0 saturated carbocycles. The molecule has 1 amide bonds. The molecule has 0 aromatic rings. The van der Waals surface area contributed by atoms with Crippen molar-refractivity contribution in [1.82, 2.24) is 20.0 Å². The summed E-state index contributed by atoms with van der Waals surface area (Å²) in [7, 11) is 6.07. The second-order valence-corrected chi connectivity index (χ2v) is 4.88. The SMILES string of the molecule is CNCCC(=O)N1CCN(CCN(C)C)CC1. The fraction of sp³-hybridized carbons (Fsp3) is 0.917. The monoisotopic (exact) mass is 242 g/mol. The summed E-state index contributed by atoms with van der Waals surface area (Å²) < 4.78 is 0. The highest BCUT2D eigenvalue weighted by atomic mass is 16.2. The average Bonchev–Trinajstić information content (AvgIpc) is 2.34. The van der Waals surface area contributed by atoms with Crippen LogP contribution in [0.25, 0.3) is 0 Å². The summed E-state index contributed by atoms with van der Waals surface area (Å²) in [6.45, 7) is 6.77. The first kappa shape index (κ1) is 14.4. The van der Waals surface area contributed by atoms with E-state index < -0.39 is 0 Å². The van der Waals surface area contributed by atoms with E-state index in [1.165, 1.54) is 0 Å². The van der Waals surface area contributed by atoms with Crippen molar-refractivity contribution in [2.24, 2.45) is 0 Å². The van der Waals surface area contributed by atoms with Crippen molar-refractivity contribution in [3.63, 3.8) is 0 Å². The van der Waals surface area contributed by atoms with Crippen LogP contribution < -0.4 is 5.32 Å². The van der Waals surface area contributed by atoms with Crippen LogP contribution in [0.2, 0.25) is 0 Å². The maximum atomic E-state index is 11.8. The standard InChI is InChI=1S/C12H26N4O/c1-13-5-4-12(17)16-10-8-15(9-11-16)7-6-14(2)3/h13H,4-11H2,1-3H3. The molecule has 17 heavy (non-hydrogen) atoms. The molecule has 100 valence electrons. The van der Waals surface area contributed by atoms with Gasteiger partial charge in [-0.2, -0.15) is 0 Å². The lowest BCUT2D eigenvalue weighted by atomic mass is 10.2. The third kappa shape index (κ3) is 5.48. The van der Waals surface area contributed by atoms with Crippen LogP contribution >= 0.6 is 0 Å². The first-order chi connectivity index (χ1) is 8.13. The van der Waals surface area contributed by atoms with Crippen molar-refractivity contribution >= 4 is 5.91 Å². The predicted octanol–water partition coefficient (Wildman–Crippen LogP) is -0.698. The maximum Gasteiger partial charge on any atom is 0.223 e. The van der Waals surface area contributed by atoms with Crippen LogP contribution in [-0.2, 0) is 4.79 Å². The minimum absolute atomic E-state index is 0.284. The Kier molecular flexibility index (Phi) is 6.47. The lowest BCUT2D eigenvalue weighted by Crippen LogP contribution is -2.50. The lowest BCUT2D eigenvalue weighted by molar-refractivity contribution is -0.132. The Labute approximate surface area is 105 Å². The van der Waals surface area contributed by atoms with Gasteiger partial charge in [0.05, 0.1) is 0 Å². The van der Waals surface area contributed by atoms with Gasteiger partial charge in [-0.05, 0) is 21.1 Å². The molecule has 0 unspecified atom stereocenters. The Balaban J connectivity index is 2.18. The third-order valence-corrected chi connectivity index (χ3v) is 3.18. The van der Waals surface area contributed by atoms with Crippen LogP contribution in [0.15, 0.2) is 0 Å². The van der Waals surface area contributed by atoms with Crippen molar-refractivity contribution in [2.75, 3.05) is 67.0 Å². The van der Waals surface area contributed by atoms with Gasteiger partial charge in [-0.25, -0.2) is 0 Å². The first-order valence-electron chi connectivity index (χ1n) is 6.43. The van der Waals surface area contributed by atoms with E-state index >= 15 is 0 Å². The number of hydrogen-bond acceptors (Lipinski definition) is 4. The zero-order chi connectivity index (χ0) is 12.7. The fourth-order valence-electron chi connectivity index (χ4n) is 1.95. The van der Waals surface area contributed by atoms with Gasteiger partial charge in [0, 0.05) is 52.2 Å². The third-order valence-electron chi connectivity index (χ3n) is 3.18. The van der Waals surface area contributed by atoms with E-state index in [1.807, 2.05) is 11.9 Å². The summed E-state index contributed by atoms with van der Waals surface area (Å²) in [5, 5.41) is 3.02. The summed E-state index contributed by atoms with van der Waals surface area (Å²) in [6, 6.07) is 0. The van der Waals surface area contributed by atoms with Crippen molar-refractivity contribution in [3.8, 4) is 0 Å². The number of nitrogens with zero attached hydrogens (tertiary/aromatic N) is 3. The molecule has 0 spiro atoms. The van der Waals surface area contributed by atoms with Crippen molar-refractivity contribution in [2.45, 2.75) is 6.42 Å². The van der Waals surface area contributed by atoms with Crippen LogP contribution in [0, 0.1) is 0 Å². The molecule has 0 radical (unpaired) electrons. The second kappa shape index (κ2) is 7.63. The van der Waals surface area contributed by atoms with Gasteiger partial charge in [0.25, 0.3) is 0 Å². The van der Waals surface area contributed by atoms with Crippen LogP contribution in [0.5, 0.6) is 0 Å². The van der Waals surface area contributed by atoms with Gasteiger partial charge in [-0.3, -0.25) is 9.69 Å². The molecular formula is C12H26N4O. The Morgan fingerprint density at radius 3 is 2.41 bits per heavy atom. The average molecular weight is 242 g/mol. The fourth-order valence-corrected chi connectivity index (χ4v) is 1.95. The van der Waals surface area contributed by atoms with Crippen molar-refractivity contribution in [3.05, 3.63) is 0 Å². The van der Waals surface area contributed by atoms with E-state index in [0.717, 1.165) is 45.8 Å². The first-order valence-corrected chi connectivity index (χ1v) is 6.43. The molecule has 0 aliphatic carbocycles. The van der Waals surface area contributed by atoms with E-state index in [0.29, 0.717) is 6.42 Å². The van der Waals surface area contributed by atoms with Crippen molar-refractivity contribution in [1.29, 1.82) is 0 Å². The molecule has 1 N–H and O–H groups in total. The van der Waals surface area contributed by atoms with Gasteiger partial charge < -0.3 is 15.1 Å². The molecule has 0 aromatic carbocycles. The van der Waals surface area contributed by atoms with Gasteiger partial charge in [0.15, 0.2) is 0 Å². The minimum Gasteiger partial charge on any atom is -0.340 e. The lowest BCUT2D eigenvalue weighted by Gasteiger charge is -2.35. The number of rotatable bonds is 6. The molecule has 0 bridgehead atoms. The number of amides is 1. The van der Waals surface area contributed by atoms with Crippen molar-refractivity contribution < 1.29 is 4.79 Å². The molecule has 5 nitrogen and oxygen atoms in total. The Hall–Kier alpha value is -0.650. The van der Waals surface area contributed by atoms with E-state index in [-0.39, 0.29) is 5.91 Å². The van der Waals surface area contributed by atoms with Gasteiger partial charge >= 0.3 is 0 Å². The zero-order valence-corrected chi connectivity index (χ0v) is 11.4. The number of carbonyl (C=O) groups is 1. The van der Waals surface area contributed by atoms with Gasteiger partial charge in [0.2, 0.25) is 5.91 Å². The summed E-state index contributed by atoms with van der Waals surface area (Å²) >= 11 is 0. The largest absolute Gasteiger partial charge is 0.340 e. The molecule has 0 aromatic heterocycles. The van der Waals surface area contributed by atoms with Crippen LogP contribution in [0.4, 0.5) is 0 Å². The number of nitrogens with one attached hydrogen (secondary N) is 1. The highest BCUT2D eigenvalue weighted by Gasteiger charge is 2.20. The highest BCUT2D eigenvalue weighted by molar-refractivity contribution is 5.76. The van der Waals surface area contributed by atoms with Crippen LogP contribution in [-0.4, -0.2) is 87.6 Å². The summed E-state index contributed by atoms with van der Waals surface area (Å²) in [5.74, 6) is 0.284. The number of piperazine rings is 1.